The number of fused-ring (bicyclic) bond motifs is 1. The molecule has 0 aromatic carbocycles. The van der Waals surface area contributed by atoms with Crippen molar-refractivity contribution in [2.75, 3.05) is 25.7 Å². The number of anilines is 1. The summed E-state index contributed by atoms with van der Waals surface area (Å²) >= 11 is 5.98. The third-order valence-corrected chi connectivity index (χ3v) is 3.35. The molecule has 0 unspecified atom stereocenters. The summed E-state index contributed by atoms with van der Waals surface area (Å²) in [6.45, 7) is 2.61. The Morgan fingerprint density at radius 1 is 1.37 bits per heavy atom. The van der Waals surface area contributed by atoms with E-state index in [4.69, 9.17) is 26.8 Å². The predicted molar refractivity (Wildman–Crippen MR) is 69.6 cm³/mol. The zero-order chi connectivity index (χ0) is 13.2. The standard InChI is InChI=1S/C11H14ClN5O2/c12-9-8-10(16-11(13)15-9)17(5-14-8)2-1-7-3-18-6-19-4-7/h5,7H,1-4,6H2,(H2,13,15,16). The quantitative estimate of drug-likeness (QED) is 0.848. The number of halogens is 1. The molecule has 0 atom stereocenters. The summed E-state index contributed by atoms with van der Waals surface area (Å²) in [4.78, 5) is 12.3. The normalized spacial score (nSPS) is 17.1. The van der Waals surface area contributed by atoms with Crippen LogP contribution in [-0.4, -0.2) is 39.5 Å². The number of hydrogen-bond donors (Lipinski definition) is 1. The minimum atomic E-state index is 0.156. The average molecular weight is 284 g/mol. The van der Waals surface area contributed by atoms with E-state index in [0.717, 1.165) is 26.2 Å². The van der Waals surface area contributed by atoms with Crippen LogP contribution >= 0.6 is 11.6 Å². The SMILES string of the molecule is Nc1nc(Cl)c2ncn(CCC3COCOC3)c2n1. The Balaban J connectivity index is 1.77. The van der Waals surface area contributed by atoms with Crippen LogP contribution in [0, 0.1) is 5.92 Å². The highest BCUT2D eigenvalue weighted by molar-refractivity contribution is 6.33. The van der Waals surface area contributed by atoms with Crippen molar-refractivity contribution in [1.29, 1.82) is 0 Å². The summed E-state index contributed by atoms with van der Waals surface area (Å²) < 4.78 is 12.5. The summed E-state index contributed by atoms with van der Waals surface area (Å²) in [5, 5.41) is 0.283. The molecular weight excluding hydrogens is 270 g/mol. The van der Waals surface area contributed by atoms with Crippen LogP contribution in [-0.2, 0) is 16.0 Å². The fraction of sp³-hybridized carbons (Fsp3) is 0.545. The van der Waals surface area contributed by atoms with E-state index in [1.54, 1.807) is 6.33 Å². The highest BCUT2D eigenvalue weighted by Gasteiger charge is 2.16. The maximum Gasteiger partial charge on any atom is 0.223 e. The van der Waals surface area contributed by atoms with Gasteiger partial charge in [-0.3, -0.25) is 0 Å². The summed E-state index contributed by atoms with van der Waals surface area (Å²) in [7, 11) is 0. The summed E-state index contributed by atoms with van der Waals surface area (Å²) in [6.07, 6.45) is 2.63. The van der Waals surface area contributed by atoms with Crippen LogP contribution in [0.3, 0.4) is 0 Å². The van der Waals surface area contributed by atoms with E-state index in [1.165, 1.54) is 0 Å². The van der Waals surface area contributed by atoms with Gasteiger partial charge >= 0.3 is 0 Å². The Kier molecular flexibility index (Phi) is 3.50. The lowest BCUT2D eigenvalue weighted by molar-refractivity contribution is -0.127. The number of aromatic nitrogens is 4. The molecule has 0 bridgehead atoms. The van der Waals surface area contributed by atoms with Gasteiger partial charge in [-0.25, -0.2) is 4.98 Å². The third kappa shape index (κ3) is 2.63. The lowest BCUT2D eigenvalue weighted by atomic mass is 10.1. The zero-order valence-electron chi connectivity index (χ0n) is 10.3. The molecule has 3 heterocycles. The molecule has 102 valence electrons. The molecule has 3 rings (SSSR count). The molecule has 2 aromatic heterocycles. The fourth-order valence-corrected chi connectivity index (χ4v) is 2.33. The number of aryl methyl sites for hydroxylation is 1. The molecular formula is C11H14ClN5O2. The molecule has 2 N–H and O–H groups in total. The second-order valence-electron chi connectivity index (χ2n) is 4.50. The Hall–Kier alpha value is -1.44. The van der Waals surface area contributed by atoms with Gasteiger partial charge < -0.3 is 19.8 Å². The number of rotatable bonds is 3. The van der Waals surface area contributed by atoms with Gasteiger partial charge in [0.1, 0.15) is 12.3 Å². The van der Waals surface area contributed by atoms with Crippen LogP contribution in [0.25, 0.3) is 11.2 Å². The number of nitrogens with two attached hydrogens (primary N) is 1. The second kappa shape index (κ2) is 5.28. The molecule has 0 saturated carbocycles. The average Bonchev–Trinajstić information content (AvgIpc) is 2.81. The van der Waals surface area contributed by atoms with Crippen LogP contribution < -0.4 is 5.73 Å². The Labute approximate surface area is 114 Å². The number of hydrogen-bond acceptors (Lipinski definition) is 6. The summed E-state index contributed by atoms with van der Waals surface area (Å²) in [6, 6.07) is 0. The molecule has 0 aliphatic carbocycles. The number of nitrogen functional groups attached to an aromatic ring is 1. The van der Waals surface area contributed by atoms with Crippen molar-refractivity contribution in [1.82, 2.24) is 19.5 Å². The van der Waals surface area contributed by atoms with Crippen LogP contribution in [0.1, 0.15) is 6.42 Å². The smallest absolute Gasteiger partial charge is 0.223 e. The first-order valence-electron chi connectivity index (χ1n) is 6.03. The van der Waals surface area contributed by atoms with Gasteiger partial charge in [0.25, 0.3) is 0 Å². The van der Waals surface area contributed by atoms with Gasteiger partial charge in [-0.15, -0.1) is 0 Å². The van der Waals surface area contributed by atoms with Crippen LogP contribution in [0.2, 0.25) is 5.15 Å². The Bertz CT molecular complexity index is 582. The maximum atomic E-state index is 5.98. The van der Waals surface area contributed by atoms with Crippen molar-refractivity contribution < 1.29 is 9.47 Å². The molecule has 1 saturated heterocycles. The summed E-state index contributed by atoms with van der Waals surface area (Å²) in [5.41, 5.74) is 6.84. The summed E-state index contributed by atoms with van der Waals surface area (Å²) in [5.74, 6) is 0.546. The van der Waals surface area contributed by atoms with Crippen LogP contribution in [0.5, 0.6) is 0 Å². The van der Waals surface area contributed by atoms with Crippen molar-refractivity contribution >= 4 is 28.7 Å². The topological polar surface area (TPSA) is 88.1 Å². The number of imidazole rings is 1. The highest BCUT2D eigenvalue weighted by atomic mass is 35.5. The van der Waals surface area contributed by atoms with Gasteiger partial charge in [-0.1, -0.05) is 11.6 Å². The minimum absolute atomic E-state index is 0.156. The molecule has 1 fully saturated rings. The van der Waals surface area contributed by atoms with Crippen molar-refractivity contribution in [2.24, 2.45) is 5.92 Å². The van der Waals surface area contributed by atoms with Crippen LogP contribution in [0.4, 0.5) is 5.95 Å². The lowest BCUT2D eigenvalue weighted by Gasteiger charge is -2.22. The first-order chi connectivity index (χ1) is 9.24. The number of nitrogens with zero attached hydrogens (tertiary/aromatic N) is 4. The Morgan fingerprint density at radius 2 is 2.16 bits per heavy atom. The van der Waals surface area contributed by atoms with Crippen molar-refractivity contribution in [3.63, 3.8) is 0 Å². The molecule has 19 heavy (non-hydrogen) atoms. The molecule has 1 aliphatic heterocycles. The molecule has 0 spiro atoms. The molecule has 7 nitrogen and oxygen atoms in total. The van der Waals surface area contributed by atoms with E-state index in [1.807, 2.05) is 4.57 Å². The lowest BCUT2D eigenvalue weighted by Crippen LogP contribution is -2.25. The molecule has 1 aliphatic rings. The maximum absolute atomic E-state index is 5.98. The van der Waals surface area contributed by atoms with Crippen molar-refractivity contribution in [3.05, 3.63) is 11.5 Å². The van der Waals surface area contributed by atoms with E-state index in [2.05, 4.69) is 15.0 Å². The Morgan fingerprint density at radius 3 is 2.95 bits per heavy atom. The highest BCUT2D eigenvalue weighted by Crippen LogP contribution is 2.20. The second-order valence-corrected chi connectivity index (χ2v) is 4.85. The fourth-order valence-electron chi connectivity index (χ4n) is 2.11. The molecule has 2 aromatic rings. The van der Waals surface area contributed by atoms with Gasteiger partial charge in [0.15, 0.2) is 10.8 Å². The molecule has 0 radical (unpaired) electrons. The van der Waals surface area contributed by atoms with Gasteiger partial charge in [0.05, 0.1) is 19.5 Å². The zero-order valence-corrected chi connectivity index (χ0v) is 11.0. The third-order valence-electron chi connectivity index (χ3n) is 3.09. The van der Waals surface area contributed by atoms with Crippen molar-refractivity contribution in [2.45, 2.75) is 13.0 Å². The monoisotopic (exact) mass is 283 g/mol. The first kappa shape index (κ1) is 12.6. The van der Waals surface area contributed by atoms with E-state index in [9.17, 15) is 0 Å². The first-order valence-corrected chi connectivity index (χ1v) is 6.41. The predicted octanol–water partition coefficient (Wildman–Crippen LogP) is 1.07. The van der Waals surface area contributed by atoms with Crippen LogP contribution in [0.15, 0.2) is 6.33 Å². The van der Waals surface area contributed by atoms with E-state index >= 15 is 0 Å². The van der Waals surface area contributed by atoms with Crippen molar-refractivity contribution in [3.8, 4) is 0 Å². The van der Waals surface area contributed by atoms with Gasteiger partial charge in [0, 0.05) is 12.5 Å². The van der Waals surface area contributed by atoms with E-state index in [-0.39, 0.29) is 11.1 Å². The van der Waals surface area contributed by atoms with Gasteiger partial charge in [-0.2, -0.15) is 9.97 Å². The molecule has 8 heteroatoms. The van der Waals surface area contributed by atoms with E-state index < -0.39 is 0 Å². The number of ether oxygens (including phenoxy) is 2. The van der Waals surface area contributed by atoms with E-state index in [0.29, 0.717) is 23.9 Å². The van der Waals surface area contributed by atoms with Gasteiger partial charge in [0.2, 0.25) is 5.95 Å². The van der Waals surface area contributed by atoms with Gasteiger partial charge in [-0.05, 0) is 6.42 Å². The molecule has 0 amide bonds. The largest absolute Gasteiger partial charge is 0.368 e. The minimum Gasteiger partial charge on any atom is -0.368 e.